The minimum atomic E-state index is -0.724. The number of nitrogens with two attached hydrogens (primary N) is 1. The molecule has 0 saturated heterocycles. The number of amides is 1. The first-order valence-corrected chi connectivity index (χ1v) is 7.42. The summed E-state index contributed by atoms with van der Waals surface area (Å²) in [6.45, 7) is 0.592. The molecule has 1 aromatic carbocycles. The molecular formula is C17H15N3O5. The van der Waals surface area contributed by atoms with E-state index in [0.29, 0.717) is 30.3 Å². The molecule has 0 fully saturated rings. The fraction of sp³-hybridized carbons (Fsp3) is 0.118. The predicted molar refractivity (Wildman–Crippen MR) is 88.9 cm³/mol. The molecule has 8 nitrogen and oxygen atoms in total. The number of nitrogens with zero attached hydrogens (tertiary/aromatic N) is 2. The molecular weight excluding hydrogens is 326 g/mol. The summed E-state index contributed by atoms with van der Waals surface area (Å²) in [7, 11) is 0. The number of nitro benzene ring substituents is 1. The van der Waals surface area contributed by atoms with Crippen LogP contribution in [0.5, 0.6) is 0 Å². The molecule has 0 unspecified atom stereocenters. The zero-order valence-corrected chi connectivity index (χ0v) is 13.1. The van der Waals surface area contributed by atoms with Gasteiger partial charge in [-0.15, -0.1) is 0 Å². The number of furan rings is 2. The Balaban J connectivity index is 2.01. The average molecular weight is 341 g/mol. The van der Waals surface area contributed by atoms with Gasteiger partial charge < -0.3 is 19.5 Å². The van der Waals surface area contributed by atoms with Crippen molar-refractivity contribution in [3.63, 3.8) is 0 Å². The molecule has 2 aromatic heterocycles. The molecule has 3 rings (SSSR count). The summed E-state index contributed by atoms with van der Waals surface area (Å²) >= 11 is 0. The number of hydrogen-bond acceptors (Lipinski definition) is 6. The maximum Gasteiger partial charge on any atom is 0.293 e. The minimum absolute atomic E-state index is 0.0754. The highest BCUT2D eigenvalue weighted by molar-refractivity contribution is 5.94. The molecule has 2 N–H and O–H groups in total. The summed E-state index contributed by atoms with van der Waals surface area (Å²) in [5, 5.41) is 11.5. The quantitative estimate of drug-likeness (QED) is 0.521. The van der Waals surface area contributed by atoms with Crippen LogP contribution in [-0.4, -0.2) is 10.8 Å². The number of primary amides is 1. The van der Waals surface area contributed by atoms with Crippen molar-refractivity contribution in [3.8, 4) is 0 Å². The molecule has 1 amide bonds. The Morgan fingerprint density at radius 2 is 1.68 bits per heavy atom. The number of carbonyl (C=O) groups is 1. The van der Waals surface area contributed by atoms with Gasteiger partial charge in [-0.05, 0) is 36.4 Å². The molecule has 0 spiro atoms. The largest absolute Gasteiger partial charge is 0.467 e. The van der Waals surface area contributed by atoms with Crippen molar-refractivity contribution in [1.82, 2.24) is 0 Å². The third-order valence-electron chi connectivity index (χ3n) is 3.65. The Bertz CT molecular complexity index is 836. The fourth-order valence-corrected chi connectivity index (χ4v) is 2.50. The van der Waals surface area contributed by atoms with Crippen molar-refractivity contribution in [1.29, 1.82) is 0 Å². The summed E-state index contributed by atoms with van der Waals surface area (Å²) in [6.07, 6.45) is 3.07. The molecule has 0 bridgehead atoms. The van der Waals surface area contributed by atoms with Crippen LogP contribution in [0.3, 0.4) is 0 Å². The zero-order chi connectivity index (χ0) is 17.8. The molecule has 8 heteroatoms. The lowest BCUT2D eigenvalue weighted by atomic mass is 10.1. The van der Waals surface area contributed by atoms with Crippen LogP contribution in [0.4, 0.5) is 11.4 Å². The third-order valence-corrected chi connectivity index (χ3v) is 3.65. The Kier molecular flexibility index (Phi) is 4.51. The average Bonchev–Trinajstić information content (AvgIpc) is 3.27. The van der Waals surface area contributed by atoms with Crippen molar-refractivity contribution in [2.45, 2.75) is 13.1 Å². The Hall–Kier alpha value is -3.55. The van der Waals surface area contributed by atoms with Gasteiger partial charge in [-0.2, -0.15) is 0 Å². The SMILES string of the molecule is NC(=O)c1ccc(N(Cc2ccco2)Cc2ccco2)c([N+](=O)[O-])c1. The van der Waals surface area contributed by atoms with Gasteiger partial charge in [-0.3, -0.25) is 14.9 Å². The summed E-state index contributed by atoms with van der Waals surface area (Å²) in [5.41, 5.74) is 5.42. The van der Waals surface area contributed by atoms with Crippen LogP contribution in [0.15, 0.2) is 63.8 Å². The van der Waals surface area contributed by atoms with Crippen LogP contribution in [0.1, 0.15) is 21.9 Å². The van der Waals surface area contributed by atoms with Gasteiger partial charge in [-0.1, -0.05) is 0 Å². The van der Waals surface area contributed by atoms with Crippen molar-refractivity contribution < 1.29 is 18.6 Å². The number of nitro groups is 1. The van der Waals surface area contributed by atoms with E-state index in [-0.39, 0.29) is 11.3 Å². The van der Waals surface area contributed by atoms with Gasteiger partial charge in [0.05, 0.1) is 30.5 Å². The lowest BCUT2D eigenvalue weighted by molar-refractivity contribution is -0.384. The van der Waals surface area contributed by atoms with E-state index in [0.717, 1.165) is 0 Å². The molecule has 128 valence electrons. The summed E-state index contributed by atoms with van der Waals surface area (Å²) in [4.78, 5) is 24.0. The van der Waals surface area contributed by atoms with E-state index >= 15 is 0 Å². The van der Waals surface area contributed by atoms with Crippen LogP contribution in [0.25, 0.3) is 0 Å². The maximum atomic E-state index is 11.5. The first kappa shape index (κ1) is 16.3. The van der Waals surface area contributed by atoms with Crippen LogP contribution in [0.2, 0.25) is 0 Å². The Morgan fingerprint density at radius 3 is 2.12 bits per heavy atom. The van der Waals surface area contributed by atoms with Crippen molar-refractivity contribution in [2.24, 2.45) is 5.73 Å². The van der Waals surface area contributed by atoms with Gasteiger partial charge in [0.25, 0.3) is 5.69 Å². The van der Waals surface area contributed by atoms with Crippen LogP contribution in [-0.2, 0) is 13.1 Å². The second kappa shape index (κ2) is 6.91. The van der Waals surface area contributed by atoms with Gasteiger partial charge in [-0.25, -0.2) is 0 Å². The van der Waals surface area contributed by atoms with Gasteiger partial charge in [0.15, 0.2) is 0 Å². The first-order valence-electron chi connectivity index (χ1n) is 7.42. The normalized spacial score (nSPS) is 10.6. The molecule has 0 radical (unpaired) electrons. The fourth-order valence-electron chi connectivity index (χ4n) is 2.50. The second-order valence-corrected chi connectivity index (χ2v) is 5.34. The van der Waals surface area contributed by atoms with E-state index in [4.69, 9.17) is 14.6 Å². The van der Waals surface area contributed by atoms with E-state index < -0.39 is 10.8 Å². The number of benzene rings is 1. The molecule has 25 heavy (non-hydrogen) atoms. The minimum Gasteiger partial charge on any atom is -0.467 e. The molecule has 0 aliphatic heterocycles. The van der Waals surface area contributed by atoms with Crippen molar-refractivity contribution in [2.75, 3.05) is 4.90 Å². The van der Waals surface area contributed by atoms with Crippen LogP contribution < -0.4 is 10.6 Å². The topological polar surface area (TPSA) is 116 Å². The highest BCUT2D eigenvalue weighted by Crippen LogP contribution is 2.31. The third kappa shape index (κ3) is 3.69. The van der Waals surface area contributed by atoms with Crippen molar-refractivity contribution in [3.05, 3.63) is 82.2 Å². The summed E-state index contributed by atoms with van der Waals surface area (Å²) < 4.78 is 10.7. The van der Waals surface area contributed by atoms with Gasteiger partial charge in [0.1, 0.15) is 17.2 Å². The standard InChI is InChI=1S/C17H15N3O5/c18-17(21)12-5-6-15(16(9-12)20(22)23)19(10-13-3-1-7-24-13)11-14-4-2-8-25-14/h1-9H,10-11H2,(H2,18,21). The second-order valence-electron chi connectivity index (χ2n) is 5.34. The molecule has 0 aliphatic carbocycles. The number of hydrogen-bond donors (Lipinski definition) is 1. The molecule has 0 atom stereocenters. The van der Waals surface area contributed by atoms with Crippen LogP contribution in [0, 0.1) is 10.1 Å². The summed E-state index contributed by atoms with van der Waals surface area (Å²) in [5.74, 6) is 0.554. The molecule has 2 heterocycles. The Morgan fingerprint density at radius 1 is 1.08 bits per heavy atom. The van der Waals surface area contributed by atoms with E-state index in [1.165, 1.54) is 30.7 Å². The lowest BCUT2D eigenvalue weighted by Gasteiger charge is -2.22. The van der Waals surface area contributed by atoms with Gasteiger partial charge >= 0.3 is 0 Å². The zero-order valence-electron chi connectivity index (χ0n) is 13.1. The highest BCUT2D eigenvalue weighted by Gasteiger charge is 2.23. The van der Waals surface area contributed by atoms with E-state index in [1.54, 1.807) is 29.2 Å². The smallest absolute Gasteiger partial charge is 0.293 e. The van der Waals surface area contributed by atoms with E-state index in [9.17, 15) is 14.9 Å². The molecule has 3 aromatic rings. The molecule has 0 aliphatic rings. The van der Waals surface area contributed by atoms with Gasteiger partial charge in [0.2, 0.25) is 5.91 Å². The van der Waals surface area contributed by atoms with Crippen LogP contribution >= 0.6 is 0 Å². The first-order chi connectivity index (χ1) is 12.0. The van der Waals surface area contributed by atoms with E-state index in [2.05, 4.69) is 0 Å². The molecule has 0 saturated carbocycles. The summed E-state index contributed by atoms with van der Waals surface area (Å²) in [6, 6.07) is 11.2. The number of rotatable bonds is 7. The van der Waals surface area contributed by atoms with E-state index in [1.807, 2.05) is 0 Å². The maximum absolute atomic E-state index is 11.5. The highest BCUT2D eigenvalue weighted by atomic mass is 16.6. The lowest BCUT2D eigenvalue weighted by Crippen LogP contribution is -2.23. The van der Waals surface area contributed by atoms with Gasteiger partial charge in [0, 0.05) is 11.6 Å². The Labute approximate surface area is 142 Å². The van der Waals surface area contributed by atoms with Crippen molar-refractivity contribution >= 4 is 17.3 Å². The number of anilines is 1. The number of carbonyl (C=O) groups excluding carboxylic acids is 1. The monoisotopic (exact) mass is 341 g/mol. The predicted octanol–water partition coefficient (Wildman–Crippen LogP) is 3.09.